The number of anilines is 1. The molecule has 1 amide bonds. The van der Waals surface area contributed by atoms with Crippen molar-refractivity contribution in [2.75, 3.05) is 12.3 Å². The Labute approximate surface area is 143 Å². The minimum atomic E-state index is 0.0396. The average molecular weight is 324 g/mol. The molecule has 24 heavy (non-hydrogen) atoms. The summed E-state index contributed by atoms with van der Waals surface area (Å²) < 4.78 is 5.59. The van der Waals surface area contributed by atoms with E-state index in [0.717, 1.165) is 30.5 Å². The highest BCUT2D eigenvalue weighted by atomic mass is 16.5. The fourth-order valence-electron chi connectivity index (χ4n) is 3.18. The Morgan fingerprint density at radius 3 is 2.88 bits per heavy atom. The van der Waals surface area contributed by atoms with E-state index in [1.807, 2.05) is 48.5 Å². The number of amides is 1. The van der Waals surface area contributed by atoms with Crippen LogP contribution in [0.4, 0.5) is 5.69 Å². The number of nitrogens with two attached hydrogens (primary N) is 1. The van der Waals surface area contributed by atoms with Gasteiger partial charge < -0.3 is 15.8 Å². The highest BCUT2D eigenvalue weighted by molar-refractivity contribution is 5.76. The van der Waals surface area contributed by atoms with Gasteiger partial charge in [-0.25, -0.2) is 0 Å². The van der Waals surface area contributed by atoms with Gasteiger partial charge in [-0.3, -0.25) is 4.79 Å². The number of aryl methyl sites for hydroxylation is 1. The maximum Gasteiger partial charge on any atom is 0.222 e. The molecule has 1 aliphatic carbocycles. The summed E-state index contributed by atoms with van der Waals surface area (Å²) >= 11 is 0. The first-order valence-electron chi connectivity index (χ1n) is 8.52. The van der Waals surface area contributed by atoms with E-state index >= 15 is 0 Å². The van der Waals surface area contributed by atoms with E-state index in [1.54, 1.807) is 0 Å². The number of nitrogens with one attached hydrogen (secondary N) is 1. The number of rotatable bonds is 6. The first-order chi connectivity index (χ1) is 11.7. The lowest BCUT2D eigenvalue weighted by Crippen LogP contribution is -2.31. The standard InChI is InChI=1S/C20H24N2O2/c21-17-9-10-18-16(13-17)7-4-8-19(18)22-20(23)11-12-24-14-15-5-2-1-3-6-15/h1-3,5-6,9-10,13,19H,4,7-8,11-12,14,21H2,(H,22,23). The molecule has 0 aliphatic heterocycles. The molecule has 2 aromatic carbocycles. The van der Waals surface area contributed by atoms with Gasteiger partial charge in [0.05, 0.1) is 19.3 Å². The maximum absolute atomic E-state index is 12.2. The number of nitrogen functional groups attached to an aromatic ring is 1. The molecule has 4 heteroatoms. The second kappa shape index (κ2) is 7.97. The van der Waals surface area contributed by atoms with E-state index < -0.39 is 0 Å². The summed E-state index contributed by atoms with van der Waals surface area (Å²) in [6.45, 7) is 0.974. The van der Waals surface area contributed by atoms with Crippen LogP contribution in [0.2, 0.25) is 0 Å². The molecule has 2 aromatic rings. The van der Waals surface area contributed by atoms with Crippen molar-refractivity contribution in [1.29, 1.82) is 0 Å². The van der Waals surface area contributed by atoms with Crippen LogP contribution >= 0.6 is 0 Å². The van der Waals surface area contributed by atoms with Gasteiger partial charge in [-0.2, -0.15) is 0 Å². The van der Waals surface area contributed by atoms with E-state index in [2.05, 4.69) is 5.32 Å². The zero-order valence-electron chi connectivity index (χ0n) is 13.8. The molecule has 0 saturated heterocycles. The van der Waals surface area contributed by atoms with Gasteiger partial charge in [0.15, 0.2) is 0 Å². The SMILES string of the molecule is Nc1ccc2c(c1)CCCC2NC(=O)CCOCc1ccccc1. The molecule has 1 atom stereocenters. The summed E-state index contributed by atoms with van der Waals surface area (Å²) in [7, 11) is 0. The second-order valence-electron chi connectivity index (χ2n) is 6.26. The quantitative estimate of drug-likeness (QED) is 0.632. The molecule has 3 N–H and O–H groups in total. The molecule has 0 bridgehead atoms. The Kier molecular flexibility index (Phi) is 5.49. The highest BCUT2D eigenvalue weighted by Crippen LogP contribution is 2.30. The van der Waals surface area contributed by atoms with Crippen molar-refractivity contribution >= 4 is 11.6 Å². The number of carbonyl (C=O) groups excluding carboxylic acids is 1. The van der Waals surface area contributed by atoms with Crippen molar-refractivity contribution < 1.29 is 9.53 Å². The van der Waals surface area contributed by atoms with Gasteiger partial charge in [0.25, 0.3) is 0 Å². The van der Waals surface area contributed by atoms with E-state index in [1.165, 1.54) is 11.1 Å². The predicted octanol–water partition coefficient (Wildman–Crippen LogP) is 3.37. The zero-order valence-corrected chi connectivity index (χ0v) is 13.8. The molecule has 126 valence electrons. The number of hydrogen-bond donors (Lipinski definition) is 2. The van der Waals surface area contributed by atoms with Crippen LogP contribution in [-0.4, -0.2) is 12.5 Å². The monoisotopic (exact) mass is 324 g/mol. The molecular weight excluding hydrogens is 300 g/mol. The number of ether oxygens (including phenoxy) is 1. The molecule has 1 unspecified atom stereocenters. The van der Waals surface area contributed by atoms with Gasteiger partial charge >= 0.3 is 0 Å². The summed E-state index contributed by atoms with van der Waals surface area (Å²) in [5, 5.41) is 3.13. The third-order valence-corrected chi connectivity index (χ3v) is 4.40. The van der Waals surface area contributed by atoms with Crippen LogP contribution in [0.15, 0.2) is 48.5 Å². The summed E-state index contributed by atoms with van der Waals surface area (Å²) in [5.74, 6) is 0.0396. The molecule has 0 aromatic heterocycles. The molecule has 4 nitrogen and oxygen atoms in total. The highest BCUT2D eigenvalue weighted by Gasteiger charge is 2.21. The Bertz CT molecular complexity index is 685. The summed E-state index contributed by atoms with van der Waals surface area (Å²) in [4.78, 5) is 12.2. The van der Waals surface area contributed by atoms with E-state index in [0.29, 0.717) is 19.6 Å². The van der Waals surface area contributed by atoms with Gasteiger partial charge in [0.2, 0.25) is 5.91 Å². The number of benzene rings is 2. The lowest BCUT2D eigenvalue weighted by Gasteiger charge is -2.26. The third kappa shape index (κ3) is 4.36. The number of hydrogen-bond acceptors (Lipinski definition) is 3. The number of carbonyl (C=O) groups is 1. The van der Waals surface area contributed by atoms with Crippen molar-refractivity contribution in [3.05, 3.63) is 65.2 Å². The van der Waals surface area contributed by atoms with Crippen molar-refractivity contribution in [1.82, 2.24) is 5.32 Å². The first-order valence-corrected chi connectivity index (χ1v) is 8.52. The third-order valence-electron chi connectivity index (χ3n) is 4.40. The fraction of sp³-hybridized carbons (Fsp3) is 0.350. The smallest absolute Gasteiger partial charge is 0.222 e. The van der Waals surface area contributed by atoms with Crippen LogP contribution in [0.3, 0.4) is 0 Å². The fourth-order valence-corrected chi connectivity index (χ4v) is 3.18. The van der Waals surface area contributed by atoms with Gasteiger partial charge in [-0.1, -0.05) is 36.4 Å². The van der Waals surface area contributed by atoms with Crippen molar-refractivity contribution in [3.8, 4) is 0 Å². The molecule has 1 aliphatic rings. The lowest BCUT2D eigenvalue weighted by molar-refractivity contribution is -0.123. The minimum absolute atomic E-state index is 0.0396. The predicted molar refractivity (Wildman–Crippen MR) is 95.4 cm³/mol. The van der Waals surface area contributed by atoms with Crippen LogP contribution < -0.4 is 11.1 Å². The average Bonchev–Trinajstić information content (AvgIpc) is 2.59. The Morgan fingerprint density at radius 2 is 2.04 bits per heavy atom. The van der Waals surface area contributed by atoms with Crippen molar-refractivity contribution in [3.63, 3.8) is 0 Å². The van der Waals surface area contributed by atoms with Crippen molar-refractivity contribution in [2.24, 2.45) is 0 Å². The molecule has 0 saturated carbocycles. The minimum Gasteiger partial charge on any atom is -0.399 e. The van der Waals surface area contributed by atoms with Crippen LogP contribution in [0.1, 0.15) is 42.0 Å². The van der Waals surface area contributed by atoms with E-state index in [9.17, 15) is 4.79 Å². The van der Waals surface area contributed by atoms with Gasteiger partial charge in [-0.15, -0.1) is 0 Å². The molecule has 3 rings (SSSR count). The maximum atomic E-state index is 12.2. The summed E-state index contributed by atoms with van der Waals surface area (Å²) in [5.41, 5.74) is 10.2. The summed E-state index contributed by atoms with van der Waals surface area (Å²) in [6.07, 6.45) is 3.47. The van der Waals surface area contributed by atoms with Crippen LogP contribution in [-0.2, 0) is 22.6 Å². The van der Waals surface area contributed by atoms with Crippen LogP contribution in [0, 0.1) is 0 Å². The Balaban J connectivity index is 1.46. The largest absolute Gasteiger partial charge is 0.399 e. The Hall–Kier alpha value is -2.33. The Morgan fingerprint density at radius 1 is 1.21 bits per heavy atom. The molecule has 0 heterocycles. The first kappa shape index (κ1) is 16.5. The van der Waals surface area contributed by atoms with Crippen molar-refractivity contribution in [2.45, 2.75) is 38.3 Å². The van der Waals surface area contributed by atoms with Crippen LogP contribution in [0.25, 0.3) is 0 Å². The van der Waals surface area contributed by atoms with Gasteiger partial charge in [-0.05, 0) is 48.1 Å². The second-order valence-corrected chi connectivity index (χ2v) is 6.26. The molecular formula is C20H24N2O2. The van der Waals surface area contributed by atoms with Crippen LogP contribution in [0.5, 0.6) is 0 Å². The van der Waals surface area contributed by atoms with E-state index in [4.69, 9.17) is 10.5 Å². The number of fused-ring (bicyclic) bond motifs is 1. The zero-order chi connectivity index (χ0) is 16.8. The van der Waals surface area contributed by atoms with Gasteiger partial charge in [0.1, 0.15) is 0 Å². The molecule has 0 radical (unpaired) electrons. The normalized spacial score (nSPS) is 16.4. The van der Waals surface area contributed by atoms with Gasteiger partial charge in [0, 0.05) is 12.1 Å². The lowest BCUT2D eigenvalue weighted by atomic mass is 9.87. The molecule has 0 spiro atoms. The van der Waals surface area contributed by atoms with E-state index in [-0.39, 0.29) is 11.9 Å². The summed E-state index contributed by atoms with van der Waals surface area (Å²) in [6, 6.07) is 16.1. The molecule has 0 fully saturated rings. The topological polar surface area (TPSA) is 64.3 Å².